The van der Waals surface area contributed by atoms with Gasteiger partial charge < -0.3 is 9.79 Å². The standard InChI is InChI=1S/C16H35O4P.In.3H/c1-2-3-4-5-6-7-8-9-10-11-12-13-14-15-16-20-21(17,18)19;;;;/h2-16H2,1H3,(H2,17,18,19);;;;. The number of phosphoric acid groups is 1. The quantitative estimate of drug-likeness (QED) is 0.276. The second-order valence-corrected chi connectivity index (χ2v) is 7.16. The van der Waals surface area contributed by atoms with Crippen LogP contribution in [0.2, 0.25) is 0 Å². The maximum absolute atomic E-state index is 10.4. The number of rotatable bonds is 16. The Hall–Kier alpha value is 0.980. The summed E-state index contributed by atoms with van der Waals surface area (Å²) in [4.78, 5) is 17.0. The minimum atomic E-state index is -4.25. The molecule has 0 saturated heterocycles. The Morgan fingerprint density at radius 2 is 1.00 bits per heavy atom. The van der Waals surface area contributed by atoms with Crippen LogP contribution in [0.4, 0.5) is 0 Å². The summed E-state index contributed by atoms with van der Waals surface area (Å²) in [6, 6.07) is 0. The van der Waals surface area contributed by atoms with E-state index in [0.29, 0.717) is 0 Å². The van der Waals surface area contributed by atoms with Crippen LogP contribution >= 0.6 is 7.82 Å². The predicted octanol–water partition coefficient (Wildman–Crippen LogP) is 4.39. The molecule has 0 unspecified atom stereocenters. The molecule has 0 aromatic rings. The zero-order valence-electron chi connectivity index (χ0n) is 13.8. The van der Waals surface area contributed by atoms with Crippen LogP contribution in [-0.2, 0) is 9.09 Å². The fourth-order valence-corrected chi connectivity index (χ4v) is 2.85. The first-order valence-corrected chi connectivity index (χ1v) is 10.3. The van der Waals surface area contributed by atoms with Gasteiger partial charge in [-0.3, -0.25) is 4.52 Å². The summed E-state index contributed by atoms with van der Waals surface area (Å²) in [5, 5.41) is 0. The summed E-state index contributed by atoms with van der Waals surface area (Å²) in [6.45, 7) is 2.42. The first kappa shape index (κ1) is 25.2. The molecular weight excluding hydrogens is 402 g/mol. The molecule has 4 nitrogen and oxygen atoms in total. The summed E-state index contributed by atoms with van der Waals surface area (Å²) in [5.74, 6) is 0. The second kappa shape index (κ2) is 18.3. The number of hydrogen-bond donors (Lipinski definition) is 2. The summed E-state index contributed by atoms with van der Waals surface area (Å²) in [5.41, 5.74) is 0. The van der Waals surface area contributed by atoms with E-state index in [4.69, 9.17) is 9.79 Å². The van der Waals surface area contributed by atoms with Gasteiger partial charge in [-0.05, 0) is 6.42 Å². The van der Waals surface area contributed by atoms with Gasteiger partial charge in [-0.15, -0.1) is 0 Å². The molecule has 0 aliphatic rings. The third-order valence-electron chi connectivity index (χ3n) is 3.76. The molecule has 0 fully saturated rings. The fraction of sp³-hybridized carbons (Fsp3) is 1.00. The van der Waals surface area contributed by atoms with Crippen LogP contribution in [0.5, 0.6) is 0 Å². The Balaban J connectivity index is 0. The minimum absolute atomic E-state index is 0. The fourth-order valence-electron chi connectivity index (χ4n) is 2.48. The van der Waals surface area contributed by atoms with Crippen molar-refractivity contribution in [3.05, 3.63) is 0 Å². The summed E-state index contributed by atoms with van der Waals surface area (Å²) >= 11 is 0. The van der Waals surface area contributed by atoms with Gasteiger partial charge in [0.2, 0.25) is 0 Å². The Morgan fingerprint density at radius 1 is 0.682 bits per heavy atom. The van der Waals surface area contributed by atoms with Crippen molar-refractivity contribution >= 4 is 33.7 Å². The van der Waals surface area contributed by atoms with E-state index in [1.54, 1.807) is 0 Å². The summed E-state index contributed by atoms with van der Waals surface area (Å²) in [6.07, 6.45) is 17.8. The predicted molar refractivity (Wildman–Crippen MR) is 98.2 cm³/mol. The molecule has 0 aromatic heterocycles. The molecule has 134 valence electrons. The molecular formula is C16H38InO4P. The molecule has 0 radical (unpaired) electrons. The first-order valence-electron chi connectivity index (χ1n) is 8.76. The van der Waals surface area contributed by atoms with Gasteiger partial charge in [0.15, 0.2) is 0 Å². The summed E-state index contributed by atoms with van der Waals surface area (Å²) in [7, 11) is -4.25. The van der Waals surface area contributed by atoms with Gasteiger partial charge in [0, 0.05) is 0 Å². The van der Waals surface area contributed by atoms with Crippen molar-refractivity contribution in [1.29, 1.82) is 0 Å². The Kier molecular flexibility index (Phi) is 21.0. The van der Waals surface area contributed by atoms with Crippen LogP contribution in [-0.4, -0.2) is 42.2 Å². The van der Waals surface area contributed by atoms with E-state index >= 15 is 0 Å². The van der Waals surface area contributed by atoms with Gasteiger partial charge >= 0.3 is 33.7 Å². The zero-order chi connectivity index (χ0) is 15.8. The van der Waals surface area contributed by atoms with Crippen molar-refractivity contribution < 1.29 is 18.9 Å². The molecule has 22 heavy (non-hydrogen) atoms. The molecule has 0 saturated carbocycles. The molecule has 2 N–H and O–H groups in total. The Morgan fingerprint density at radius 3 is 1.32 bits per heavy atom. The van der Waals surface area contributed by atoms with Crippen molar-refractivity contribution in [3.8, 4) is 0 Å². The van der Waals surface area contributed by atoms with E-state index in [2.05, 4.69) is 11.4 Å². The van der Waals surface area contributed by atoms with Crippen LogP contribution in [0, 0.1) is 0 Å². The Labute approximate surface area is 155 Å². The molecule has 0 aromatic carbocycles. The van der Waals surface area contributed by atoms with E-state index in [-0.39, 0.29) is 32.5 Å². The third kappa shape index (κ3) is 23.2. The molecule has 0 amide bonds. The van der Waals surface area contributed by atoms with Gasteiger partial charge in [-0.2, -0.15) is 0 Å². The maximum atomic E-state index is 10.4. The van der Waals surface area contributed by atoms with Gasteiger partial charge in [-0.25, -0.2) is 4.57 Å². The van der Waals surface area contributed by atoms with E-state index < -0.39 is 7.82 Å². The SMILES string of the molecule is CCCCCCCCCCCCCCCCOP(=O)(O)O.[InH3]. The van der Waals surface area contributed by atoms with Gasteiger partial charge in [0.1, 0.15) is 0 Å². The average molecular weight is 440 g/mol. The van der Waals surface area contributed by atoms with E-state index in [1.807, 2.05) is 0 Å². The number of unbranched alkanes of at least 4 members (excludes halogenated alkanes) is 13. The van der Waals surface area contributed by atoms with Gasteiger partial charge in [0.05, 0.1) is 6.61 Å². The molecule has 0 aliphatic heterocycles. The molecule has 0 bridgehead atoms. The van der Waals surface area contributed by atoms with Crippen molar-refractivity contribution in [1.82, 2.24) is 0 Å². The number of phosphoric ester groups is 1. The van der Waals surface area contributed by atoms with Crippen LogP contribution < -0.4 is 0 Å². The van der Waals surface area contributed by atoms with Crippen LogP contribution in [0.3, 0.4) is 0 Å². The third-order valence-corrected chi connectivity index (χ3v) is 4.28. The molecule has 6 heteroatoms. The molecule has 0 atom stereocenters. The van der Waals surface area contributed by atoms with E-state index in [1.165, 1.54) is 70.6 Å². The molecule has 0 rings (SSSR count). The molecule has 0 spiro atoms. The topological polar surface area (TPSA) is 66.8 Å². The van der Waals surface area contributed by atoms with Crippen molar-refractivity contribution in [3.63, 3.8) is 0 Å². The Bertz CT molecular complexity index is 259. The van der Waals surface area contributed by atoms with Crippen LogP contribution in [0.15, 0.2) is 0 Å². The van der Waals surface area contributed by atoms with Crippen LogP contribution in [0.1, 0.15) is 96.8 Å². The summed E-state index contributed by atoms with van der Waals surface area (Å²) < 4.78 is 14.8. The molecule has 0 heterocycles. The monoisotopic (exact) mass is 440 g/mol. The van der Waals surface area contributed by atoms with Crippen LogP contribution in [0.25, 0.3) is 0 Å². The van der Waals surface area contributed by atoms with Crippen molar-refractivity contribution in [2.75, 3.05) is 6.61 Å². The normalized spacial score (nSPS) is 11.4. The van der Waals surface area contributed by atoms with Crippen molar-refractivity contribution in [2.24, 2.45) is 0 Å². The molecule has 0 aliphatic carbocycles. The first-order chi connectivity index (χ1) is 10.1. The zero-order valence-corrected chi connectivity index (χ0v) is 14.7. The van der Waals surface area contributed by atoms with E-state index in [0.717, 1.165) is 19.3 Å². The average Bonchev–Trinajstić information content (AvgIpc) is 2.42. The van der Waals surface area contributed by atoms with Gasteiger partial charge in [0.25, 0.3) is 0 Å². The number of hydrogen-bond acceptors (Lipinski definition) is 2. The van der Waals surface area contributed by atoms with E-state index in [9.17, 15) is 4.57 Å². The van der Waals surface area contributed by atoms with Crippen molar-refractivity contribution in [2.45, 2.75) is 96.8 Å². The second-order valence-electron chi connectivity index (χ2n) is 5.92. The van der Waals surface area contributed by atoms with Gasteiger partial charge in [-0.1, -0.05) is 90.4 Å².